The van der Waals surface area contributed by atoms with Crippen molar-refractivity contribution in [1.29, 1.82) is 0 Å². The van der Waals surface area contributed by atoms with Gasteiger partial charge in [0, 0.05) is 0 Å². The third-order valence-electron chi connectivity index (χ3n) is 11.4. The Balaban J connectivity index is 0.000000143. The van der Waals surface area contributed by atoms with Gasteiger partial charge in [-0.05, 0) is 122 Å². The molecule has 258 valence electrons. The first kappa shape index (κ1) is 33.3. The van der Waals surface area contributed by atoms with Gasteiger partial charge in [0.05, 0.1) is 0 Å². The molecule has 1 atom stereocenters. The number of fused-ring (bicyclic) bond motifs is 12. The van der Waals surface area contributed by atoms with E-state index in [9.17, 15) is 0 Å². The van der Waals surface area contributed by atoms with Gasteiger partial charge in [-0.1, -0.05) is 196 Å². The summed E-state index contributed by atoms with van der Waals surface area (Å²) in [6.07, 6.45) is 3.05. The smallest absolute Gasteiger partial charge is 0.00928 e. The SMILES string of the molecule is C=Cc1ccc(-c2ccc3c4ccccc4c4ccccc4c3c2)cc1.CCC(C)c1ccc(-c2ccc3c4ccccc4c4ccccc4c3c2)cc1. The van der Waals surface area contributed by atoms with Crippen molar-refractivity contribution < 1.29 is 0 Å². The van der Waals surface area contributed by atoms with E-state index in [1.54, 1.807) is 0 Å². The summed E-state index contributed by atoms with van der Waals surface area (Å²) in [4.78, 5) is 0. The van der Waals surface area contributed by atoms with Gasteiger partial charge in [-0.25, -0.2) is 0 Å². The molecule has 0 amide bonds. The lowest BCUT2D eigenvalue weighted by Gasteiger charge is -2.13. The fraction of sp³-hybridized carbons (Fsp3) is 0.0741. The topological polar surface area (TPSA) is 0 Å². The van der Waals surface area contributed by atoms with E-state index >= 15 is 0 Å². The first-order chi connectivity index (χ1) is 26.6. The zero-order chi connectivity index (χ0) is 36.6. The predicted octanol–water partition coefficient (Wildman–Crippen LogP) is 15.8. The molecule has 0 spiro atoms. The first-order valence-electron chi connectivity index (χ1n) is 19.1. The van der Waals surface area contributed by atoms with E-state index in [1.165, 1.54) is 98.9 Å². The van der Waals surface area contributed by atoms with Crippen molar-refractivity contribution >= 4 is 70.7 Å². The predicted molar refractivity (Wildman–Crippen MR) is 238 cm³/mol. The van der Waals surface area contributed by atoms with Gasteiger partial charge in [-0.2, -0.15) is 0 Å². The van der Waals surface area contributed by atoms with Crippen LogP contribution in [0, 0.1) is 0 Å². The van der Waals surface area contributed by atoms with Crippen LogP contribution in [0.25, 0.3) is 93.0 Å². The molecule has 0 saturated carbocycles. The molecule has 1 unspecified atom stereocenters. The van der Waals surface area contributed by atoms with Crippen molar-refractivity contribution in [2.75, 3.05) is 0 Å². The Bertz CT molecular complexity index is 2910. The lowest BCUT2D eigenvalue weighted by molar-refractivity contribution is 0.734. The van der Waals surface area contributed by atoms with Gasteiger partial charge in [0.1, 0.15) is 0 Å². The van der Waals surface area contributed by atoms with Gasteiger partial charge in [0.2, 0.25) is 0 Å². The molecule has 10 aromatic rings. The Morgan fingerprint density at radius 1 is 0.370 bits per heavy atom. The Morgan fingerprint density at radius 3 is 1.00 bits per heavy atom. The summed E-state index contributed by atoms with van der Waals surface area (Å²) in [6.45, 7) is 8.38. The fourth-order valence-electron chi connectivity index (χ4n) is 8.23. The second kappa shape index (κ2) is 14.1. The Labute approximate surface area is 317 Å². The zero-order valence-corrected chi connectivity index (χ0v) is 30.9. The molecule has 0 heterocycles. The van der Waals surface area contributed by atoms with Gasteiger partial charge in [0.25, 0.3) is 0 Å². The third-order valence-corrected chi connectivity index (χ3v) is 11.4. The largest absolute Gasteiger partial charge is 0.0985 e. The summed E-state index contributed by atoms with van der Waals surface area (Å²) in [5.41, 5.74) is 7.60. The maximum absolute atomic E-state index is 3.84. The van der Waals surface area contributed by atoms with E-state index in [1.807, 2.05) is 6.08 Å². The van der Waals surface area contributed by atoms with Crippen LogP contribution in [0.15, 0.2) is 189 Å². The molecule has 0 aromatic heterocycles. The molecule has 0 saturated heterocycles. The summed E-state index contributed by atoms with van der Waals surface area (Å²) < 4.78 is 0. The molecule has 0 heteroatoms. The molecule has 10 aromatic carbocycles. The van der Waals surface area contributed by atoms with Crippen LogP contribution >= 0.6 is 0 Å². The highest BCUT2D eigenvalue weighted by molar-refractivity contribution is 6.27. The average Bonchev–Trinajstić information content (AvgIpc) is 3.26. The molecule has 0 fully saturated rings. The van der Waals surface area contributed by atoms with Gasteiger partial charge < -0.3 is 0 Å². The zero-order valence-electron chi connectivity index (χ0n) is 30.9. The maximum atomic E-state index is 3.84. The monoisotopic (exact) mass is 690 g/mol. The number of benzene rings is 10. The molecule has 0 N–H and O–H groups in total. The summed E-state index contributed by atoms with van der Waals surface area (Å²) in [5, 5.41) is 15.9. The van der Waals surface area contributed by atoms with Crippen molar-refractivity contribution in [3.63, 3.8) is 0 Å². The van der Waals surface area contributed by atoms with Gasteiger partial charge >= 0.3 is 0 Å². The van der Waals surface area contributed by atoms with E-state index < -0.39 is 0 Å². The first-order valence-corrected chi connectivity index (χ1v) is 19.1. The second-order valence-corrected chi connectivity index (χ2v) is 14.5. The van der Waals surface area contributed by atoms with Crippen LogP contribution in [-0.4, -0.2) is 0 Å². The van der Waals surface area contributed by atoms with Crippen LogP contribution < -0.4 is 0 Å². The highest BCUT2D eigenvalue weighted by atomic mass is 14.2. The van der Waals surface area contributed by atoms with Crippen LogP contribution in [0.3, 0.4) is 0 Å². The lowest BCUT2D eigenvalue weighted by atomic mass is 9.91. The molecule has 0 bridgehead atoms. The molecular formula is C54H42. The standard InChI is InChI=1S/C28H24.C26H18/c1-3-19(2)20-12-14-21(15-13-20)22-16-17-27-25-10-5-4-8-23(25)24-9-6-7-11-26(24)28(27)18-22;1-2-18-11-13-19(14-12-18)20-15-16-25-23-9-4-3-7-21(23)22-8-5-6-10-24(22)26(25)17-20/h4-19H,3H2,1-2H3;2-17H,1H2. The van der Waals surface area contributed by atoms with Crippen LogP contribution in [0.1, 0.15) is 37.3 Å². The van der Waals surface area contributed by atoms with Gasteiger partial charge in [-0.15, -0.1) is 0 Å². The van der Waals surface area contributed by atoms with Crippen LogP contribution in [0.4, 0.5) is 0 Å². The summed E-state index contributed by atoms with van der Waals surface area (Å²) >= 11 is 0. The minimum atomic E-state index is 0.612. The van der Waals surface area contributed by atoms with Crippen molar-refractivity contribution in [3.8, 4) is 22.3 Å². The summed E-state index contributed by atoms with van der Waals surface area (Å²) in [6, 6.07) is 66.3. The van der Waals surface area contributed by atoms with Gasteiger partial charge in [-0.3, -0.25) is 0 Å². The quantitative estimate of drug-likeness (QED) is 0.158. The molecule has 54 heavy (non-hydrogen) atoms. The van der Waals surface area contributed by atoms with E-state index in [4.69, 9.17) is 0 Å². The summed E-state index contributed by atoms with van der Waals surface area (Å²) in [5.74, 6) is 0.612. The van der Waals surface area contributed by atoms with E-state index in [2.05, 4.69) is 202 Å². The molecule has 0 nitrogen and oxygen atoms in total. The number of hydrogen-bond acceptors (Lipinski definition) is 0. The lowest BCUT2D eigenvalue weighted by Crippen LogP contribution is -1.90. The number of rotatable bonds is 5. The highest BCUT2D eigenvalue weighted by Crippen LogP contribution is 2.39. The third kappa shape index (κ3) is 5.91. The minimum absolute atomic E-state index is 0.612. The average molecular weight is 691 g/mol. The van der Waals surface area contributed by atoms with Crippen LogP contribution in [0.2, 0.25) is 0 Å². The molecule has 0 aliphatic heterocycles. The number of hydrogen-bond donors (Lipinski definition) is 0. The maximum Gasteiger partial charge on any atom is -0.00928 e. The van der Waals surface area contributed by atoms with Crippen LogP contribution in [0.5, 0.6) is 0 Å². The molecule has 10 rings (SSSR count). The van der Waals surface area contributed by atoms with Gasteiger partial charge in [0.15, 0.2) is 0 Å². The van der Waals surface area contributed by atoms with E-state index in [0.29, 0.717) is 5.92 Å². The summed E-state index contributed by atoms with van der Waals surface area (Å²) in [7, 11) is 0. The van der Waals surface area contributed by atoms with E-state index in [0.717, 1.165) is 5.56 Å². The molecule has 0 aliphatic carbocycles. The molecular weight excluding hydrogens is 649 g/mol. The van der Waals surface area contributed by atoms with E-state index in [-0.39, 0.29) is 0 Å². The fourth-order valence-corrected chi connectivity index (χ4v) is 8.23. The van der Waals surface area contributed by atoms with Crippen molar-refractivity contribution in [2.24, 2.45) is 0 Å². The molecule has 0 radical (unpaired) electrons. The van der Waals surface area contributed by atoms with Crippen molar-refractivity contribution in [2.45, 2.75) is 26.2 Å². The highest BCUT2D eigenvalue weighted by Gasteiger charge is 2.11. The Kier molecular flexibility index (Phi) is 8.73. The van der Waals surface area contributed by atoms with Crippen molar-refractivity contribution in [3.05, 3.63) is 200 Å². The minimum Gasteiger partial charge on any atom is -0.0985 e. The van der Waals surface area contributed by atoms with Crippen molar-refractivity contribution in [1.82, 2.24) is 0 Å². The second-order valence-electron chi connectivity index (χ2n) is 14.5. The molecule has 0 aliphatic rings. The Hall–Kier alpha value is -6.50. The normalized spacial score (nSPS) is 12.0. The Morgan fingerprint density at radius 2 is 0.667 bits per heavy atom. The van der Waals surface area contributed by atoms with Crippen LogP contribution in [-0.2, 0) is 0 Å².